The van der Waals surface area contributed by atoms with Gasteiger partial charge in [-0.2, -0.15) is 0 Å². The summed E-state index contributed by atoms with van der Waals surface area (Å²) >= 11 is 0. The topological polar surface area (TPSA) is 65.0 Å². The van der Waals surface area contributed by atoms with Gasteiger partial charge in [0, 0.05) is 31.1 Å². The van der Waals surface area contributed by atoms with Gasteiger partial charge in [-0.15, -0.1) is 0 Å². The average molecular weight is 389 g/mol. The fourth-order valence-electron chi connectivity index (χ4n) is 4.71. The first kappa shape index (κ1) is 21.2. The van der Waals surface area contributed by atoms with Crippen LogP contribution in [0, 0.1) is 16.7 Å². The Labute approximate surface area is 167 Å². The van der Waals surface area contributed by atoms with E-state index in [0.29, 0.717) is 12.4 Å². The first-order valence-corrected chi connectivity index (χ1v) is 9.87. The van der Waals surface area contributed by atoms with Crippen molar-refractivity contribution in [3.05, 3.63) is 41.0 Å². The standard InChI is InChI=1S/C23H32O5/c1-21(2)18-10-11-22(21,3)19(20(18)25)12-16-6-8-17(9-7-16)13-28-15-23(14-24,26-4)27-5/h6-9,12,18,24H,10-11,13-15H2,1-5H3/b19-12+. The fourth-order valence-corrected chi connectivity index (χ4v) is 4.71. The number of allylic oxidation sites excluding steroid dienone is 1. The summed E-state index contributed by atoms with van der Waals surface area (Å²) in [6.07, 6.45) is 4.16. The number of Topliss-reactive ketones (excluding diaryl/α,β-unsaturated/α-hetero) is 1. The van der Waals surface area contributed by atoms with Crippen LogP contribution in [0.25, 0.3) is 6.08 Å². The molecule has 0 aromatic heterocycles. The highest BCUT2D eigenvalue weighted by Crippen LogP contribution is 2.66. The molecule has 2 atom stereocenters. The van der Waals surface area contributed by atoms with Gasteiger partial charge in [0.1, 0.15) is 6.61 Å². The first-order chi connectivity index (χ1) is 13.2. The van der Waals surface area contributed by atoms with Gasteiger partial charge in [0.15, 0.2) is 5.78 Å². The van der Waals surface area contributed by atoms with Crippen LogP contribution in [0.15, 0.2) is 29.8 Å². The molecule has 2 fully saturated rings. The van der Waals surface area contributed by atoms with E-state index in [9.17, 15) is 9.90 Å². The number of aliphatic hydroxyl groups excluding tert-OH is 1. The summed E-state index contributed by atoms with van der Waals surface area (Å²) in [5.41, 5.74) is 3.02. The van der Waals surface area contributed by atoms with Gasteiger partial charge in [-0.3, -0.25) is 4.79 Å². The number of carbonyl (C=O) groups excluding carboxylic acids is 1. The summed E-state index contributed by atoms with van der Waals surface area (Å²) in [5.74, 6) is -0.648. The van der Waals surface area contributed by atoms with Gasteiger partial charge in [0.05, 0.1) is 13.2 Å². The van der Waals surface area contributed by atoms with Crippen molar-refractivity contribution >= 4 is 11.9 Å². The molecule has 0 heterocycles. The van der Waals surface area contributed by atoms with Crippen molar-refractivity contribution in [2.75, 3.05) is 27.4 Å². The molecule has 28 heavy (non-hydrogen) atoms. The monoisotopic (exact) mass is 388 g/mol. The third-order valence-electron chi connectivity index (χ3n) is 7.27. The van der Waals surface area contributed by atoms with Crippen molar-refractivity contribution in [2.24, 2.45) is 16.7 Å². The van der Waals surface area contributed by atoms with E-state index in [-0.39, 0.29) is 30.0 Å². The van der Waals surface area contributed by atoms with Crippen molar-refractivity contribution in [1.82, 2.24) is 0 Å². The Morgan fingerprint density at radius 2 is 1.82 bits per heavy atom. The molecular weight excluding hydrogens is 356 g/mol. The van der Waals surface area contributed by atoms with Crippen molar-refractivity contribution in [2.45, 2.75) is 46.0 Å². The second-order valence-corrected chi connectivity index (χ2v) is 8.78. The number of benzene rings is 1. The SMILES string of the molecule is COC(CO)(COCc1ccc(/C=C2\C(=O)C3CCC2(C)C3(C)C)cc1)OC. The van der Waals surface area contributed by atoms with Gasteiger partial charge in [-0.25, -0.2) is 0 Å². The Kier molecular flexibility index (Phi) is 5.84. The van der Waals surface area contributed by atoms with E-state index in [1.165, 1.54) is 14.2 Å². The highest BCUT2D eigenvalue weighted by molar-refractivity contribution is 6.06. The molecule has 1 aromatic rings. The van der Waals surface area contributed by atoms with Gasteiger partial charge < -0.3 is 19.3 Å². The molecule has 2 unspecified atom stereocenters. The molecule has 2 saturated carbocycles. The maximum atomic E-state index is 12.8. The number of hydrogen-bond donors (Lipinski definition) is 1. The average Bonchev–Trinajstić information content (AvgIpc) is 3.00. The molecule has 0 amide bonds. The maximum Gasteiger partial charge on any atom is 0.215 e. The summed E-state index contributed by atoms with van der Waals surface area (Å²) in [5, 5.41) is 9.41. The number of ketones is 1. The van der Waals surface area contributed by atoms with Crippen molar-refractivity contribution in [3.63, 3.8) is 0 Å². The molecule has 5 heteroatoms. The van der Waals surface area contributed by atoms with Gasteiger partial charge in [0.2, 0.25) is 5.79 Å². The van der Waals surface area contributed by atoms with E-state index in [1.54, 1.807) is 0 Å². The van der Waals surface area contributed by atoms with Crippen LogP contribution in [-0.2, 0) is 25.6 Å². The molecule has 154 valence electrons. The van der Waals surface area contributed by atoms with Crippen LogP contribution in [0.4, 0.5) is 0 Å². The lowest BCUT2D eigenvalue weighted by atomic mass is 9.69. The van der Waals surface area contributed by atoms with Gasteiger partial charge in [-0.05, 0) is 35.5 Å². The summed E-state index contributed by atoms with van der Waals surface area (Å²) in [7, 11) is 2.95. The number of rotatable bonds is 8. The number of hydrogen-bond acceptors (Lipinski definition) is 5. The van der Waals surface area contributed by atoms with Crippen LogP contribution in [0.1, 0.15) is 44.7 Å². The zero-order valence-corrected chi connectivity index (χ0v) is 17.6. The third-order valence-corrected chi connectivity index (χ3v) is 7.27. The number of fused-ring (bicyclic) bond motifs is 2. The molecule has 0 radical (unpaired) electrons. The molecular formula is C23H32O5. The lowest BCUT2D eigenvalue weighted by Crippen LogP contribution is -2.42. The molecule has 3 rings (SSSR count). The normalized spacial score (nSPS) is 27.7. The summed E-state index contributed by atoms with van der Waals surface area (Å²) in [4.78, 5) is 12.8. The molecule has 0 saturated heterocycles. The Morgan fingerprint density at radius 1 is 1.18 bits per heavy atom. The number of methoxy groups -OCH3 is 2. The van der Waals surface area contributed by atoms with Crippen LogP contribution < -0.4 is 0 Å². The second kappa shape index (κ2) is 7.71. The molecule has 0 aliphatic heterocycles. The van der Waals surface area contributed by atoms with E-state index < -0.39 is 5.79 Å². The lowest BCUT2D eigenvalue weighted by Gasteiger charge is -2.34. The molecule has 2 bridgehead atoms. The van der Waals surface area contributed by atoms with Crippen molar-refractivity contribution in [3.8, 4) is 0 Å². The molecule has 2 aliphatic rings. The molecule has 1 aromatic carbocycles. The smallest absolute Gasteiger partial charge is 0.215 e. The Bertz CT molecular complexity index is 736. The highest BCUT2D eigenvalue weighted by Gasteiger charge is 2.63. The minimum Gasteiger partial charge on any atom is -0.391 e. The van der Waals surface area contributed by atoms with Crippen LogP contribution >= 0.6 is 0 Å². The van der Waals surface area contributed by atoms with Crippen LogP contribution in [0.2, 0.25) is 0 Å². The largest absolute Gasteiger partial charge is 0.391 e. The number of ether oxygens (including phenoxy) is 3. The van der Waals surface area contributed by atoms with E-state index >= 15 is 0 Å². The molecule has 2 aliphatic carbocycles. The van der Waals surface area contributed by atoms with Crippen molar-refractivity contribution in [1.29, 1.82) is 0 Å². The lowest BCUT2D eigenvalue weighted by molar-refractivity contribution is -0.253. The van der Waals surface area contributed by atoms with Gasteiger partial charge in [0.25, 0.3) is 0 Å². The number of carbonyl (C=O) groups is 1. The van der Waals surface area contributed by atoms with Crippen LogP contribution in [0.5, 0.6) is 0 Å². The quantitative estimate of drug-likeness (QED) is 0.545. The number of aliphatic hydroxyl groups is 1. The second-order valence-electron chi connectivity index (χ2n) is 8.78. The highest BCUT2D eigenvalue weighted by atomic mass is 16.7. The molecule has 0 spiro atoms. The van der Waals surface area contributed by atoms with Crippen molar-refractivity contribution < 1.29 is 24.1 Å². The Morgan fingerprint density at radius 3 is 2.32 bits per heavy atom. The fraction of sp³-hybridized carbons (Fsp3) is 0.609. The Balaban J connectivity index is 1.67. The van der Waals surface area contributed by atoms with E-state index in [4.69, 9.17) is 14.2 Å². The first-order valence-electron chi connectivity index (χ1n) is 9.87. The summed E-state index contributed by atoms with van der Waals surface area (Å²) < 4.78 is 16.0. The van der Waals surface area contributed by atoms with E-state index in [2.05, 4.69) is 26.8 Å². The van der Waals surface area contributed by atoms with Gasteiger partial charge in [-0.1, -0.05) is 45.0 Å². The van der Waals surface area contributed by atoms with Crippen LogP contribution in [-0.4, -0.2) is 44.1 Å². The zero-order valence-electron chi connectivity index (χ0n) is 17.6. The maximum absolute atomic E-state index is 12.8. The molecule has 5 nitrogen and oxygen atoms in total. The molecule has 1 N–H and O–H groups in total. The zero-order chi connectivity index (χ0) is 20.6. The van der Waals surface area contributed by atoms with Gasteiger partial charge >= 0.3 is 0 Å². The van der Waals surface area contributed by atoms with Crippen LogP contribution in [0.3, 0.4) is 0 Å². The summed E-state index contributed by atoms with van der Waals surface area (Å²) in [6, 6.07) is 8.04. The van der Waals surface area contributed by atoms with E-state index in [0.717, 1.165) is 29.5 Å². The third kappa shape index (κ3) is 3.35. The summed E-state index contributed by atoms with van der Waals surface area (Å²) in [6.45, 7) is 6.94. The minimum atomic E-state index is -1.13. The predicted molar refractivity (Wildman–Crippen MR) is 108 cm³/mol. The Hall–Kier alpha value is -1.53. The predicted octanol–water partition coefficient (Wildman–Crippen LogP) is 3.59. The minimum absolute atomic E-state index is 0.0333. The van der Waals surface area contributed by atoms with E-state index in [1.807, 2.05) is 24.3 Å².